The van der Waals surface area contributed by atoms with Gasteiger partial charge in [-0.2, -0.15) is 0 Å². The SMILES string of the molecule is CNS(=O)(=O)c1ccc(NCc2ccno2)cc1. The largest absolute Gasteiger partial charge is 0.378 e. The van der Waals surface area contributed by atoms with E-state index >= 15 is 0 Å². The molecular weight excluding hydrogens is 254 g/mol. The first-order valence-corrected chi connectivity index (χ1v) is 6.77. The summed E-state index contributed by atoms with van der Waals surface area (Å²) in [6, 6.07) is 8.22. The second-order valence-corrected chi connectivity index (χ2v) is 5.45. The molecule has 2 N–H and O–H groups in total. The quantitative estimate of drug-likeness (QED) is 0.850. The van der Waals surface area contributed by atoms with Gasteiger partial charge in [0.1, 0.15) is 0 Å². The first-order valence-electron chi connectivity index (χ1n) is 5.29. The van der Waals surface area contributed by atoms with Gasteiger partial charge < -0.3 is 9.84 Å². The van der Waals surface area contributed by atoms with Gasteiger partial charge in [0, 0.05) is 11.8 Å². The molecule has 0 amide bonds. The Labute approximate surface area is 105 Å². The molecule has 6 nitrogen and oxygen atoms in total. The molecular formula is C11H13N3O3S. The van der Waals surface area contributed by atoms with Crippen LogP contribution in [0.5, 0.6) is 0 Å². The lowest BCUT2D eigenvalue weighted by atomic mass is 10.3. The molecule has 0 saturated heterocycles. The van der Waals surface area contributed by atoms with E-state index in [0.717, 1.165) is 5.69 Å². The van der Waals surface area contributed by atoms with Crippen molar-refractivity contribution < 1.29 is 12.9 Å². The van der Waals surface area contributed by atoms with Gasteiger partial charge in [-0.3, -0.25) is 0 Å². The zero-order valence-electron chi connectivity index (χ0n) is 9.75. The molecule has 1 aromatic carbocycles. The second-order valence-electron chi connectivity index (χ2n) is 3.56. The minimum absolute atomic E-state index is 0.232. The van der Waals surface area contributed by atoms with Crippen LogP contribution in [0.1, 0.15) is 5.76 Å². The number of anilines is 1. The molecule has 0 aliphatic heterocycles. The highest BCUT2D eigenvalue weighted by Crippen LogP contribution is 2.14. The van der Waals surface area contributed by atoms with Crippen LogP contribution in [0.3, 0.4) is 0 Å². The van der Waals surface area contributed by atoms with Crippen LogP contribution in [-0.4, -0.2) is 20.6 Å². The summed E-state index contributed by atoms with van der Waals surface area (Å²) in [6.45, 7) is 0.498. The maximum atomic E-state index is 11.5. The van der Waals surface area contributed by atoms with E-state index in [2.05, 4.69) is 15.2 Å². The number of aromatic nitrogens is 1. The third-order valence-corrected chi connectivity index (χ3v) is 3.82. The van der Waals surface area contributed by atoms with Crippen LogP contribution in [0.2, 0.25) is 0 Å². The molecule has 0 saturated carbocycles. The third-order valence-electron chi connectivity index (χ3n) is 2.39. The van der Waals surface area contributed by atoms with Crippen molar-refractivity contribution in [3.8, 4) is 0 Å². The van der Waals surface area contributed by atoms with Crippen molar-refractivity contribution in [2.24, 2.45) is 0 Å². The summed E-state index contributed by atoms with van der Waals surface area (Å²) in [6.07, 6.45) is 1.57. The average molecular weight is 267 g/mol. The molecule has 1 aromatic heterocycles. The molecule has 0 radical (unpaired) electrons. The van der Waals surface area contributed by atoms with E-state index in [9.17, 15) is 8.42 Å². The Bertz CT molecular complexity index is 591. The van der Waals surface area contributed by atoms with Crippen molar-refractivity contribution in [3.05, 3.63) is 42.3 Å². The summed E-state index contributed by atoms with van der Waals surface area (Å²) in [5, 5.41) is 6.68. The van der Waals surface area contributed by atoms with Gasteiger partial charge in [0.2, 0.25) is 10.0 Å². The molecule has 0 unspecified atom stereocenters. The van der Waals surface area contributed by atoms with E-state index in [1.54, 1.807) is 24.4 Å². The molecule has 96 valence electrons. The molecule has 0 aliphatic rings. The standard InChI is InChI=1S/C11H13N3O3S/c1-12-18(15,16)11-4-2-9(3-5-11)13-8-10-6-7-14-17-10/h2-7,12-13H,8H2,1H3. The Morgan fingerprint density at radius 2 is 1.94 bits per heavy atom. The topological polar surface area (TPSA) is 84.2 Å². The smallest absolute Gasteiger partial charge is 0.240 e. The number of nitrogens with one attached hydrogen (secondary N) is 2. The lowest BCUT2D eigenvalue weighted by Gasteiger charge is -2.06. The molecule has 2 aromatic rings. The highest BCUT2D eigenvalue weighted by atomic mass is 32.2. The van der Waals surface area contributed by atoms with Gasteiger partial charge in [-0.25, -0.2) is 13.1 Å². The molecule has 0 spiro atoms. The maximum Gasteiger partial charge on any atom is 0.240 e. The maximum absolute atomic E-state index is 11.5. The van der Waals surface area contributed by atoms with Gasteiger partial charge in [-0.15, -0.1) is 0 Å². The van der Waals surface area contributed by atoms with E-state index in [1.807, 2.05) is 0 Å². The van der Waals surface area contributed by atoms with Crippen LogP contribution in [0.15, 0.2) is 45.9 Å². The highest BCUT2D eigenvalue weighted by molar-refractivity contribution is 7.89. The summed E-state index contributed by atoms with van der Waals surface area (Å²) in [7, 11) is -2.00. The van der Waals surface area contributed by atoms with Gasteiger partial charge in [0.05, 0.1) is 17.6 Å². The predicted molar refractivity (Wildman–Crippen MR) is 66.5 cm³/mol. The average Bonchev–Trinajstić information content (AvgIpc) is 2.90. The Hall–Kier alpha value is -1.86. The van der Waals surface area contributed by atoms with E-state index in [-0.39, 0.29) is 4.90 Å². The summed E-state index contributed by atoms with van der Waals surface area (Å²) < 4.78 is 30.2. The van der Waals surface area contributed by atoms with E-state index in [0.29, 0.717) is 12.3 Å². The lowest BCUT2D eigenvalue weighted by Crippen LogP contribution is -2.18. The van der Waals surface area contributed by atoms with Crippen LogP contribution in [0.25, 0.3) is 0 Å². The third kappa shape index (κ3) is 2.88. The van der Waals surface area contributed by atoms with Crippen molar-refractivity contribution in [3.63, 3.8) is 0 Å². The van der Waals surface area contributed by atoms with Crippen LogP contribution in [0.4, 0.5) is 5.69 Å². The van der Waals surface area contributed by atoms with Crippen LogP contribution in [-0.2, 0) is 16.6 Å². The van der Waals surface area contributed by atoms with Gasteiger partial charge >= 0.3 is 0 Å². The molecule has 0 bridgehead atoms. The number of sulfonamides is 1. The minimum Gasteiger partial charge on any atom is -0.378 e. The Morgan fingerprint density at radius 1 is 1.22 bits per heavy atom. The molecule has 0 atom stereocenters. The zero-order chi connectivity index (χ0) is 13.0. The van der Waals surface area contributed by atoms with Crippen molar-refractivity contribution in [1.82, 2.24) is 9.88 Å². The van der Waals surface area contributed by atoms with Crippen molar-refractivity contribution >= 4 is 15.7 Å². The van der Waals surface area contributed by atoms with Gasteiger partial charge in [-0.1, -0.05) is 5.16 Å². The van der Waals surface area contributed by atoms with Crippen LogP contribution >= 0.6 is 0 Å². The minimum atomic E-state index is -3.38. The van der Waals surface area contributed by atoms with E-state index < -0.39 is 10.0 Å². The Balaban J connectivity index is 2.04. The Kier molecular flexibility index (Phi) is 3.63. The van der Waals surface area contributed by atoms with Gasteiger partial charge in [0.15, 0.2) is 5.76 Å². The molecule has 2 rings (SSSR count). The number of hydrogen-bond donors (Lipinski definition) is 2. The summed E-state index contributed by atoms with van der Waals surface area (Å²) in [4.78, 5) is 0.232. The van der Waals surface area contributed by atoms with Crippen molar-refractivity contribution in [2.45, 2.75) is 11.4 Å². The summed E-state index contributed by atoms with van der Waals surface area (Å²) in [5.74, 6) is 0.710. The normalized spacial score (nSPS) is 11.4. The molecule has 1 heterocycles. The summed E-state index contributed by atoms with van der Waals surface area (Å²) in [5.41, 5.74) is 0.807. The molecule has 0 aliphatic carbocycles. The fraction of sp³-hybridized carbons (Fsp3) is 0.182. The highest BCUT2D eigenvalue weighted by Gasteiger charge is 2.10. The Morgan fingerprint density at radius 3 is 2.50 bits per heavy atom. The first kappa shape index (κ1) is 12.6. The number of rotatable bonds is 5. The number of nitrogens with zero attached hydrogens (tertiary/aromatic N) is 1. The fourth-order valence-corrected chi connectivity index (χ4v) is 2.12. The fourth-order valence-electron chi connectivity index (χ4n) is 1.39. The number of hydrogen-bond acceptors (Lipinski definition) is 5. The number of benzene rings is 1. The monoisotopic (exact) mass is 267 g/mol. The lowest BCUT2D eigenvalue weighted by molar-refractivity contribution is 0.388. The van der Waals surface area contributed by atoms with Crippen LogP contribution < -0.4 is 10.0 Å². The molecule has 7 heteroatoms. The van der Waals surface area contributed by atoms with Gasteiger partial charge in [0.25, 0.3) is 0 Å². The molecule has 18 heavy (non-hydrogen) atoms. The van der Waals surface area contributed by atoms with Crippen LogP contribution in [0, 0.1) is 0 Å². The first-order chi connectivity index (χ1) is 8.62. The molecule has 0 fully saturated rings. The van der Waals surface area contributed by atoms with E-state index in [1.165, 1.54) is 19.2 Å². The van der Waals surface area contributed by atoms with Gasteiger partial charge in [-0.05, 0) is 31.3 Å². The van der Waals surface area contributed by atoms with E-state index in [4.69, 9.17) is 4.52 Å². The predicted octanol–water partition coefficient (Wildman–Crippen LogP) is 1.19. The van der Waals surface area contributed by atoms with Crippen molar-refractivity contribution in [2.75, 3.05) is 12.4 Å². The second kappa shape index (κ2) is 5.19. The van der Waals surface area contributed by atoms with Crippen molar-refractivity contribution in [1.29, 1.82) is 0 Å². The zero-order valence-corrected chi connectivity index (χ0v) is 10.6. The summed E-state index contributed by atoms with van der Waals surface area (Å²) >= 11 is 0.